The van der Waals surface area contributed by atoms with Gasteiger partial charge < -0.3 is 11.1 Å². The van der Waals surface area contributed by atoms with E-state index in [1.165, 1.54) is 12.1 Å². The molecule has 0 amide bonds. The molecule has 0 aliphatic heterocycles. The summed E-state index contributed by atoms with van der Waals surface area (Å²) in [4.78, 5) is 0. The van der Waals surface area contributed by atoms with Crippen molar-refractivity contribution >= 4 is 5.69 Å². The van der Waals surface area contributed by atoms with Crippen LogP contribution in [0, 0.1) is 23.1 Å². The fourth-order valence-electron chi connectivity index (χ4n) is 2.16. The minimum absolute atomic E-state index is 0.297. The molecule has 0 aromatic heterocycles. The fourth-order valence-corrected chi connectivity index (χ4v) is 2.16. The normalized spacial score (nSPS) is 14.1. The molecule has 0 aliphatic rings. The summed E-state index contributed by atoms with van der Waals surface area (Å²) < 4.78 is 13.3. The van der Waals surface area contributed by atoms with Crippen LogP contribution in [0.2, 0.25) is 0 Å². The molecular formula is C14H20FN3. The number of hydrogen-bond acceptors (Lipinski definition) is 3. The highest BCUT2D eigenvalue weighted by atomic mass is 19.1. The summed E-state index contributed by atoms with van der Waals surface area (Å²) in [5.41, 5.74) is 6.40. The van der Waals surface area contributed by atoms with Crippen LogP contribution in [0.5, 0.6) is 0 Å². The average molecular weight is 249 g/mol. The summed E-state index contributed by atoms with van der Waals surface area (Å²) in [6.07, 6.45) is 0.877. The third-order valence-corrected chi connectivity index (χ3v) is 2.78. The van der Waals surface area contributed by atoms with Gasteiger partial charge in [0.25, 0.3) is 0 Å². The maximum Gasteiger partial charge on any atom is 0.126 e. The Morgan fingerprint density at radius 2 is 2.11 bits per heavy atom. The number of nitrogens with one attached hydrogen (secondary N) is 1. The minimum atomic E-state index is -0.416. The lowest BCUT2D eigenvalue weighted by atomic mass is 9.90. The van der Waals surface area contributed by atoms with Gasteiger partial charge in [0.15, 0.2) is 0 Å². The van der Waals surface area contributed by atoms with Gasteiger partial charge in [0.05, 0.1) is 11.6 Å². The second-order valence-electron chi connectivity index (χ2n) is 5.33. The zero-order valence-corrected chi connectivity index (χ0v) is 11.1. The van der Waals surface area contributed by atoms with E-state index in [1.54, 1.807) is 6.07 Å². The molecule has 0 saturated heterocycles. The van der Waals surface area contributed by atoms with E-state index in [0.717, 1.165) is 6.42 Å². The Kier molecular flexibility index (Phi) is 4.69. The van der Waals surface area contributed by atoms with Crippen LogP contribution < -0.4 is 11.1 Å². The van der Waals surface area contributed by atoms with Crippen molar-refractivity contribution in [3.8, 4) is 6.07 Å². The van der Waals surface area contributed by atoms with Crippen LogP contribution in [0.3, 0.4) is 0 Å². The summed E-state index contributed by atoms with van der Waals surface area (Å²) >= 11 is 0. The van der Waals surface area contributed by atoms with Crippen LogP contribution in [0.25, 0.3) is 0 Å². The largest absolute Gasteiger partial charge is 0.378 e. The molecule has 0 saturated carbocycles. The molecule has 1 rings (SSSR count). The molecule has 1 atom stereocenters. The number of hydrogen-bond donors (Lipinski definition) is 2. The molecule has 0 radical (unpaired) electrons. The summed E-state index contributed by atoms with van der Waals surface area (Å²) in [5, 5.41) is 12.1. The predicted molar refractivity (Wildman–Crippen MR) is 71.7 cm³/mol. The highest BCUT2D eigenvalue weighted by molar-refractivity contribution is 5.51. The van der Waals surface area contributed by atoms with Crippen molar-refractivity contribution in [2.45, 2.75) is 32.7 Å². The van der Waals surface area contributed by atoms with Gasteiger partial charge in [-0.2, -0.15) is 5.26 Å². The Morgan fingerprint density at radius 3 is 2.61 bits per heavy atom. The first-order valence-electron chi connectivity index (χ1n) is 6.07. The minimum Gasteiger partial charge on any atom is -0.378 e. The number of nitrogens with zero attached hydrogens (tertiary/aromatic N) is 1. The first-order valence-corrected chi connectivity index (χ1v) is 6.07. The predicted octanol–water partition coefficient (Wildman–Crippen LogP) is 2.87. The average Bonchev–Trinajstić information content (AvgIpc) is 2.26. The summed E-state index contributed by atoms with van der Waals surface area (Å²) in [7, 11) is 0. The second-order valence-corrected chi connectivity index (χ2v) is 5.33. The topological polar surface area (TPSA) is 61.8 Å². The maximum atomic E-state index is 13.3. The van der Waals surface area contributed by atoms with Crippen molar-refractivity contribution < 1.29 is 4.39 Å². The zero-order valence-electron chi connectivity index (χ0n) is 11.1. The van der Waals surface area contributed by atoms with Gasteiger partial charge in [-0.05, 0) is 37.5 Å². The van der Waals surface area contributed by atoms with E-state index in [4.69, 9.17) is 11.0 Å². The first-order chi connectivity index (χ1) is 8.38. The van der Waals surface area contributed by atoms with Gasteiger partial charge in [-0.3, -0.25) is 0 Å². The fraction of sp³-hybridized carbons (Fsp3) is 0.500. The number of benzene rings is 1. The molecule has 1 aromatic rings. The van der Waals surface area contributed by atoms with Crippen LogP contribution in [0.1, 0.15) is 32.8 Å². The molecule has 3 nitrogen and oxygen atoms in total. The van der Waals surface area contributed by atoms with Crippen molar-refractivity contribution in [2.24, 2.45) is 11.7 Å². The first kappa shape index (κ1) is 14.5. The Morgan fingerprint density at radius 1 is 1.44 bits per heavy atom. The van der Waals surface area contributed by atoms with Crippen LogP contribution >= 0.6 is 0 Å². The van der Waals surface area contributed by atoms with E-state index in [-0.39, 0.29) is 5.54 Å². The monoisotopic (exact) mass is 249 g/mol. The van der Waals surface area contributed by atoms with Gasteiger partial charge in [-0.1, -0.05) is 13.8 Å². The lowest BCUT2D eigenvalue weighted by molar-refractivity contribution is 0.407. The van der Waals surface area contributed by atoms with E-state index < -0.39 is 5.82 Å². The number of rotatable bonds is 5. The molecule has 0 aliphatic carbocycles. The van der Waals surface area contributed by atoms with Gasteiger partial charge in [0.1, 0.15) is 5.82 Å². The van der Waals surface area contributed by atoms with Crippen molar-refractivity contribution in [3.63, 3.8) is 0 Å². The standard InChI is InChI=1S/C14H20FN3/c1-10(2)7-14(3,9-17)18-13-5-11(8-16)4-12(15)6-13/h4-6,10,18H,7,9,17H2,1-3H3. The smallest absolute Gasteiger partial charge is 0.126 e. The maximum absolute atomic E-state index is 13.3. The molecule has 3 N–H and O–H groups in total. The molecule has 0 spiro atoms. The molecule has 1 unspecified atom stereocenters. The van der Waals surface area contributed by atoms with E-state index in [2.05, 4.69) is 19.2 Å². The number of nitrogens with two attached hydrogens (primary N) is 1. The molecule has 0 bridgehead atoms. The van der Waals surface area contributed by atoms with Crippen molar-refractivity contribution in [1.29, 1.82) is 5.26 Å². The highest BCUT2D eigenvalue weighted by Crippen LogP contribution is 2.23. The summed E-state index contributed by atoms with van der Waals surface area (Å²) in [5.74, 6) is 0.0653. The third-order valence-electron chi connectivity index (χ3n) is 2.78. The Bertz CT molecular complexity index is 451. The molecule has 1 aromatic carbocycles. The van der Waals surface area contributed by atoms with E-state index >= 15 is 0 Å². The highest BCUT2D eigenvalue weighted by Gasteiger charge is 2.23. The van der Waals surface area contributed by atoms with Gasteiger partial charge >= 0.3 is 0 Å². The molecular weight excluding hydrogens is 229 g/mol. The number of halogens is 1. The van der Waals surface area contributed by atoms with Crippen molar-refractivity contribution in [3.05, 3.63) is 29.6 Å². The van der Waals surface area contributed by atoms with E-state index in [1.807, 2.05) is 13.0 Å². The molecule has 18 heavy (non-hydrogen) atoms. The molecule has 4 heteroatoms. The summed E-state index contributed by atoms with van der Waals surface area (Å²) in [6, 6.07) is 6.18. The van der Waals surface area contributed by atoms with Crippen molar-refractivity contribution in [1.82, 2.24) is 0 Å². The quantitative estimate of drug-likeness (QED) is 0.843. The van der Waals surface area contributed by atoms with Gasteiger partial charge in [0, 0.05) is 17.8 Å². The van der Waals surface area contributed by atoms with Gasteiger partial charge in [0.2, 0.25) is 0 Å². The van der Waals surface area contributed by atoms with E-state index in [0.29, 0.717) is 23.7 Å². The lowest BCUT2D eigenvalue weighted by Crippen LogP contribution is -2.43. The lowest BCUT2D eigenvalue weighted by Gasteiger charge is -2.32. The van der Waals surface area contributed by atoms with Crippen LogP contribution in [0.4, 0.5) is 10.1 Å². The third kappa shape index (κ3) is 4.01. The van der Waals surface area contributed by atoms with Gasteiger partial charge in [-0.15, -0.1) is 0 Å². The zero-order chi connectivity index (χ0) is 13.8. The molecule has 0 heterocycles. The molecule has 98 valence electrons. The van der Waals surface area contributed by atoms with Crippen LogP contribution in [0.15, 0.2) is 18.2 Å². The Balaban J connectivity index is 2.95. The van der Waals surface area contributed by atoms with E-state index in [9.17, 15) is 4.39 Å². The Labute approximate surface area is 108 Å². The van der Waals surface area contributed by atoms with Gasteiger partial charge in [-0.25, -0.2) is 4.39 Å². The van der Waals surface area contributed by atoms with Crippen LogP contribution in [-0.4, -0.2) is 12.1 Å². The SMILES string of the molecule is CC(C)CC(C)(CN)Nc1cc(F)cc(C#N)c1. The Hall–Kier alpha value is -1.60. The molecule has 0 fully saturated rings. The number of anilines is 1. The van der Waals surface area contributed by atoms with Crippen LogP contribution in [-0.2, 0) is 0 Å². The number of nitriles is 1. The van der Waals surface area contributed by atoms with Crippen molar-refractivity contribution in [2.75, 3.05) is 11.9 Å². The summed E-state index contributed by atoms with van der Waals surface area (Å²) in [6.45, 7) is 6.68. The second kappa shape index (κ2) is 5.83.